The number of aromatic nitrogens is 4. The molecule has 2 spiro atoms. The minimum Gasteiger partial charge on any atom is -2.00 e. The van der Waals surface area contributed by atoms with Gasteiger partial charge in [-0.15, -0.1) is 0 Å². The third-order valence-electron chi connectivity index (χ3n) is 14.2. The van der Waals surface area contributed by atoms with Crippen molar-refractivity contribution >= 4 is 46.5 Å². The van der Waals surface area contributed by atoms with Gasteiger partial charge in [0.2, 0.25) is 10.8 Å². The Kier molecular flexibility index (Phi) is 21.4. The van der Waals surface area contributed by atoms with Crippen molar-refractivity contribution in [2.24, 2.45) is 10.8 Å². The monoisotopic (exact) mass is 1310 g/mol. The summed E-state index contributed by atoms with van der Waals surface area (Å²) in [6, 6.07) is 52.3. The molecular formula is C62H46Mo2N4O17-12. The molecule has 4 aliphatic rings. The van der Waals surface area contributed by atoms with Gasteiger partial charge in [-0.3, -0.25) is 19.2 Å². The van der Waals surface area contributed by atoms with E-state index in [1.807, 2.05) is 12.1 Å². The van der Waals surface area contributed by atoms with Crippen LogP contribution in [0.15, 0.2) is 192 Å². The number of aromatic amines is 2. The van der Waals surface area contributed by atoms with Gasteiger partial charge in [-0.05, 0) is 33.4 Å². The number of rotatable bonds is 6. The minimum absolute atomic E-state index is 0. The van der Waals surface area contributed by atoms with Gasteiger partial charge in [0.05, 0.1) is 11.4 Å². The van der Waals surface area contributed by atoms with E-state index in [2.05, 4.69) is 19.9 Å². The third kappa shape index (κ3) is 11.5. The molecule has 0 bridgehead atoms. The van der Waals surface area contributed by atoms with Crippen LogP contribution in [0.3, 0.4) is 0 Å². The standard InChI is InChI=1S/2C31H24N2O6.2Mo.5O/c2*1-30(2)38-27(35)31(28(36)39-30)22(18-12-6-3-7-13-18)21-24(20-16-10-5-11-17-20)32-29(37)33-25(21)26(34)23(31)19-14-8-4-9-15-19;;;;;;;/h2*3-17,22,34H,1-2H3,(H,32,33,37);;;;;;;/q;;;;5*-2/p-2. The van der Waals surface area contributed by atoms with E-state index < -0.39 is 81.0 Å². The molecule has 12 rings (SSSR count). The van der Waals surface area contributed by atoms with E-state index in [0.29, 0.717) is 33.4 Å². The number of esters is 4. The molecule has 2 aliphatic carbocycles. The Hall–Kier alpha value is -8.78. The first-order valence-corrected chi connectivity index (χ1v) is 24.9. The summed E-state index contributed by atoms with van der Waals surface area (Å²) in [5.41, 5.74) is -2.54. The van der Waals surface area contributed by atoms with E-state index >= 15 is 0 Å². The largest absolute Gasteiger partial charge is 2.00 e. The van der Waals surface area contributed by atoms with Crippen molar-refractivity contribution in [3.63, 3.8) is 0 Å². The number of benzene rings is 6. The molecule has 2 atom stereocenters. The molecule has 21 nitrogen and oxygen atoms in total. The van der Waals surface area contributed by atoms with Crippen LogP contribution in [0.4, 0.5) is 0 Å². The van der Waals surface area contributed by atoms with Crippen LogP contribution in [0.1, 0.15) is 84.3 Å². The Morgan fingerprint density at radius 2 is 0.612 bits per heavy atom. The number of nitrogens with zero attached hydrogens (tertiary/aromatic N) is 2. The molecule has 2 N–H and O–H groups in total. The number of hydrogen-bond donors (Lipinski definition) is 2. The fraction of sp³-hybridized carbons (Fsp3) is 0.161. The van der Waals surface area contributed by atoms with Crippen LogP contribution in [0, 0.1) is 10.8 Å². The minimum atomic E-state index is -2.22. The third-order valence-corrected chi connectivity index (χ3v) is 14.2. The molecule has 0 radical (unpaired) electrons. The van der Waals surface area contributed by atoms with Crippen molar-refractivity contribution in [3.8, 4) is 22.5 Å². The Morgan fingerprint density at radius 3 is 0.871 bits per heavy atom. The van der Waals surface area contributed by atoms with Crippen LogP contribution < -0.4 is 21.6 Å². The number of cyclic esters (lactones) is 4. The van der Waals surface area contributed by atoms with Crippen LogP contribution in [0.5, 0.6) is 0 Å². The first kappa shape index (κ1) is 68.7. The molecule has 4 heterocycles. The zero-order chi connectivity index (χ0) is 54.7. The van der Waals surface area contributed by atoms with Crippen LogP contribution in [0.2, 0.25) is 0 Å². The molecule has 2 saturated heterocycles. The van der Waals surface area contributed by atoms with E-state index in [-0.39, 0.29) is 115 Å². The average molecular weight is 1310 g/mol. The van der Waals surface area contributed by atoms with Gasteiger partial charge in [0.15, 0.2) is 0 Å². The summed E-state index contributed by atoms with van der Waals surface area (Å²) < 4.78 is 22.9. The fourth-order valence-electron chi connectivity index (χ4n) is 11.2. The van der Waals surface area contributed by atoms with Gasteiger partial charge in [-0.1, -0.05) is 194 Å². The van der Waals surface area contributed by atoms with Crippen molar-refractivity contribution in [2.75, 3.05) is 0 Å². The van der Waals surface area contributed by atoms with Crippen molar-refractivity contribution < 1.29 is 118 Å². The van der Waals surface area contributed by atoms with E-state index in [1.54, 1.807) is 170 Å². The van der Waals surface area contributed by atoms with Crippen LogP contribution in [0.25, 0.3) is 45.2 Å². The second-order valence-corrected chi connectivity index (χ2v) is 19.9. The quantitative estimate of drug-likeness (QED) is 0.0998. The molecule has 85 heavy (non-hydrogen) atoms. The van der Waals surface area contributed by atoms with E-state index in [9.17, 15) is 39.0 Å². The number of ether oxygens (including phenoxy) is 4. The predicted octanol–water partition coefficient (Wildman–Crippen LogP) is 6.67. The number of hydrogen-bond acceptors (Lipinski definition) is 14. The smallest absolute Gasteiger partial charge is 0.345 e. The Labute approximate surface area is 513 Å². The van der Waals surface area contributed by atoms with Gasteiger partial charge in [-0.2, -0.15) is 9.97 Å². The van der Waals surface area contributed by atoms with Gasteiger partial charge >= 0.3 is 35.3 Å². The predicted molar refractivity (Wildman–Crippen MR) is 284 cm³/mol. The van der Waals surface area contributed by atoms with Gasteiger partial charge in [-0.25, -0.2) is 9.59 Å². The average Bonchev–Trinajstić information content (AvgIpc) is 0.824. The summed E-state index contributed by atoms with van der Waals surface area (Å²) in [6.45, 7) is 5.84. The summed E-state index contributed by atoms with van der Waals surface area (Å²) >= 11 is 0. The van der Waals surface area contributed by atoms with Crippen molar-refractivity contribution in [3.05, 3.63) is 248 Å². The van der Waals surface area contributed by atoms with Crippen LogP contribution >= 0.6 is 0 Å². The summed E-state index contributed by atoms with van der Waals surface area (Å²) in [5, 5.41) is 28.8. The van der Waals surface area contributed by atoms with Gasteiger partial charge in [0.1, 0.15) is 0 Å². The molecule has 6 aromatic carbocycles. The fourth-order valence-corrected chi connectivity index (χ4v) is 11.2. The maximum absolute atomic E-state index is 14.4. The number of fused-ring (bicyclic) bond motifs is 2. The van der Waals surface area contributed by atoms with Crippen LogP contribution in [-0.2, 0) is 108 Å². The second kappa shape index (κ2) is 26.4. The van der Waals surface area contributed by atoms with Crippen molar-refractivity contribution in [1.29, 1.82) is 0 Å². The maximum Gasteiger partial charge on any atom is 0.345 e. The number of carbonyl (C=O) groups is 4. The molecule has 2 fully saturated rings. The topological polar surface area (TPSA) is 385 Å². The molecule has 2 aliphatic heterocycles. The first-order chi connectivity index (χ1) is 37.5. The van der Waals surface area contributed by atoms with E-state index in [1.165, 1.54) is 27.7 Å². The number of carbonyl (C=O) groups excluding carboxylic acids is 4. The van der Waals surface area contributed by atoms with Crippen LogP contribution in [-0.4, -0.2) is 55.4 Å². The molecular weight excluding hydrogens is 1260 g/mol. The molecule has 440 valence electrons. The summed E-state index contributed by atoms with van der Waals surface area (Å²) in [4.78, 5) is 96.4. The summed E-state index contributed by atoms with van der Waals surface area (Å²) in [6.07, 6.45) is 0. The first-order valence-electron chi connectivity index (χ1n) is 24.9. The number of H-pyrrole nitrogens is 2. The molecule has 0 saturated carbocycles. The number of nitrogens with one attached hydrogen (secondary N) is 2. The Balaban J connectivity index is 0.000000337. The molecule has 2 aromatic heterocycles. The van der Waals surface area contributed by atoms with Crippen molar-refractivity contribution in [1.82, 2.24) is 19.9 Å². The van der Waals surface area contributed by atoms with E-state index in [4.69, 9.17) is 18.9 Å². The molecule has 8 aromatic rings. The normalized spacial score (nSPS) is 17.7. The molecule has 0 amide bonds. The van der Waals surface area contributed by atoms with Gasteiger partial charge in [0.25, 0.3) is 11.6 Å². The summed E-state index contributed by atoms with van der Waals surface area (Å²) in [5.74, 6) is -10.4. The SMILES string of the molecule is CC1(C)OC(=O)C2(C(=O)O1)C(c1ccccc1)=C([O-])c1[nH]c(=O)nc(-c3ccccc3)c1C2c1ccccc1.CC1(C)OC(=O)C2(C(=O)O1)C(c1ccccc1)=C([O-])c1[nH]c(=O)nc(-c3ccccc3)c1C2c1ccccc1.[Mo].[Mo].[O-2].[O-2].[O-2].[O-2].[O-2]. The Morgan fingerprint density at radius 1 is 0.376 bits per heavy atom. The maximum atomic E-state index is 14.4. The van der Waals surface area contributed by atoms with Crippen molar-refractivity contribution in [2.45, 2.75) is 51.1 Å². The van der Waals surface area contributed by atoms with Gasteiger partial charge < -0.3 is 66.5 Å². The second-order valence-electron chi connectivity index (χ2n) is 19.9. The van der Waals surface area contributed by atoms with E-state index in [0.717, 1.165) is 0 Å². The summed E-state index contributed by atoms with van der Waals surface area (Å²) in [7, 11) is 0. The molecule has 2 unspecified atom stereocenters. The molecule has 23 heteroatoms. The zero-order valence-electron chi connectivity index (χ0n) is 45.1. The zero-order valence-corrected chi connectivity index (χ0v) is 49.1. The van der Waals surface area contributed by atoms with Gasteiger partial charge in [0, 0.05) is 115 Å². The Bertz CT molecular complexity index is 3630.